The lowest BCUT2D eigenvalue weighted by Crippen LogP contribution is -2.36. The maximum absolute atomic E-state index is 12.7. The van der Waals surface area contributed by atoms with Gasteiger partial charge >= 0.3 is 0 Å². The van der Waals surface area contributed by atoms with Crippen molar-refractivity contribution in [1.82, 2.24) is 19.7 Å². The number of halogens is 1. The third kappa shape index (κ3) is 6.35. The van der Waals surface area contributed by atoms with Crippen molar-refractivity contribution in [3.05, 3.63) is 107 Å². The van der Waals surface area contributed by atoms with Gasteiger partial charge in [0, 0.05) is 48.5 Å². The van der Waals surface area contributed by atoms with Gasteiger partial charge < -0.3 is 10.2 Å². The number of aromatic nitrogens is 3. The summed E-state index contributed by atoms with van der Waals surface area (Å²) in [6.45, 7) is 1.19. The van der Waals surface area contributed by atoms with Crippen LogP contribution in [0.5, 0.6) is 0 Å². The van der Waals surface area contributed by atoms with Crippen LogP contribution in [-0.4, -0.2) is 26.8 Å². The van der Waals surface area contributed by atoms with Gasteiger partial charge in [-0.1, -0.05) is 60.1 Å². The Morgan fingerprint density at radius 3 is 2.50 bits per heavy atom. The molecule has 1 amide bonds. The molecular formula is C24H22ClN5OS. The van der Waals surface area contributed by atoms with Crippen LogP contribution in [0.1, 0.15) is 22.5 Å². The highest BCUT2D eigenvalue weighted by Gasteiger charge is 2.17. The summed E-state index contributed by atoms with van der Waals surface area (Å²) in [6, 6.07) is 21.5. The van der Waals surface area contributed by atoms with Crippen molar-refractivity contribution in [1.29, 1.82) is 0 Å². The molecule has 0 fully saturated rings. The van der Waals surface area contributed by atoms with Gasteiger partial charge in [-0.2, -0.15) is 4.37 Å². The third-order valence-corrected chi connectivity index (χ3v) is 5.83. The molecule has 1 N–H and O–H groups in total. The van der Waals surface area contributed by atoms with Gasteiger partial charge in [0.15, 0.2) is 0 Å². The van der Waals surface area contributed by atoms with Crippen LogP contribution in [0.15, 0.2) is 79.1 Å². The summed E-state index contributed by atoms with van der Waals surface area (Å²) in [4.78, 5) is 23.4. The average molecular weight is 464 g/mol. The molecule has 4 rings (SSSR count). The summed E-state index contributed by atoms with van der Waals surface area (Å²) in [5.74, 6) is 0.639. The topological polar surface area (TPSA) is 71.0 Å². The number of rotatable bonds is 9. The van der Waals surface area contributed by atoms with E-state index >= 15 is 0 Å². The molecule has 2 aromatic heterocycles. The van der Waals surface area contributed by atoms with E-state index in [0.717, 1.165) is 22.5 Å². The standard InChI is InChI=1S/C24H22ClN5OS/c25-21-10-8-18(9-11-21)13-22-28-24(32-29-22)30(16-19-5-2-1-3-6-19)17-23(31)27-15-20-7-4-12-26-14-20/h1-12,14H,13,15-17H2,(H,27,31). The van der Waals surface area contributed by atoms with Crippen molar-refractivity contribution in [3.8, 4) is 0 Å². The maximum atomic E-state index is 12.7. The summed E-state index contributed by atoms with van der Waals surface area (Å²) >= 11 is 7.28. The Labute approximate surface area is 196 Å². The van der Waals surface area contributed by atoms with Crippen molar-refractivity contribution in [2.45, 2.75) is 19.5 Å². The van der Waals surface area contributed by atoms with Crippen molar-refractivity contribution < 1.29 is 4.79 Å². The molecule has 0 saturated heterocycles. The third-order valence-electron chi connectivity index (χ3n) is 4.77. The summed E-state index contributed by atoms with van der Waals surface area (Å²) in [5.41, 5.74) is 3.14. The van der Waals surface area contributed by atoms with Gasteiger partial charge in [0.25, 0.3) is 0 Å². The van der Waals surface area contributed by atoms with Gasteiger partial charge in [0.2, 0.25) is 11.0 Å². The maximum Gasteiger partial charge on any atom is 0.239 e. The fraction of sp³-hybridized carbons (Fsp3) is 0.167. The van der Waals surface area contributed by atoms with Gasteiger partial charge in [-0.3, -0.25) is 9.78 Å². The Balaban J connectivity index is 1.45. The second kappa shape index (κ2) is 10.8. The van der Waals surface area contributed by atoms with Crippen LogP contribution in [0.4, 0.5) is 5.13 Å². The Hall–Kier alpha value is -3.29. The second-order valence-electron chi connectivity index (χ2n) is 7.28. The minimum Gasteiger partial charge on any atom is -0.350 e. The minimum atomic E-state index is -0.0840. The number of anilines is 1. The Bertz CT molecular complexity index is 1140. The zero-order valence-corrected chi connectivity index (χ0v) is 18.9. The second-order valence-corrected chi connectivity index (χ2v) is 8.44. The molecule has 0 saturated carbocycles. The highest BCUT2D eigenvalue weighted by atomic mass is 35.5. The molecule has 162 valence electrons. The molecule has 0 spiro atoms. The van der Waals surface area contributed by atoms with Crippen LogP contribution in [-0.2, 0) is 24.3 Å². The van der Waals surface area contributed by atoms with E-state index in [-0.39, 0.29) is 12.5 Å². The van der Waals surface area contributed by atoms with Gasteiger partial charge in [-0.05, 0) is 34.9 Å². The van der Waals surface area contributed by atoms with Crippen LogP contribution in [0.2, 0.25) is 5.02 Å². The Morgan fingerprint density at radius 1 is 0.969 bits per heavy atom. The van der Waals surface area contributed by atoms with E-state index in [9.17, 15) is 4.79 Å². The number of amides is 1. The van der Waals surface area contributed by atoms with Crippen LogP contribution in [0, 0.1) is 0 Å². The summed E-state index contributed by atoms with van der Waals surface area (Å²) in [6.07, 6.45) is 4.07. The number of carbonyl (C=O) groups is 1. The van der Waals surface area contributed by atoms with E-state index in [1.165, 1.54) is 11.5 Å². The number of nitrogens with one attached hydrogen (secondary N) is 1. The number of hydrogen-bond acceptors (Lipinski definition) is 6. The zero-order chi connectivity index (χ0) is 22.2. The first-order chi connectivity index (χ1) is 15.7. The molecule has 0 radical (unpaired) electrons. The van der Waals surface area contributed by atoms with Crippen LogP contribution < -0.4 is 10.2 Å². The van der Waals surface area contributed by atoms with Gasteiger partial charge in [-0.15, -0.1) is 0 Å². The zero-order valence-electron chi connectivity index (χ0n) is 17.3. The summed E-state index contributed by atoms with van der Waals surface area (Å²) in [5, 5.41) is 4.38. The Kier molecular flexibility index (Phi) is 7.42. The number of nitrogens with zero attached hydrogens (tertiary/aromatic N) is 4. The van der Waals surface area contributed by atoms with Gasteiger partial charge in [0.1, 0.15) is 5.82 Å². The fourth-order valence-electron chi connectivity index (χ4n) is 3.16. The highest BCUT2D eigenvalue weighted by Crippen LogP contribution is 2.21. The lowest BCUT2D eigenvalue weighted by atomic mass is 10.1. The average Bonchev–Trinajstić information content (AvgIpc) is 3.29. The van der Waals surface area contributed by atoms with E-state index in [4.69, 9.17) is 16.6 Å². The summed E-state index contributed by atoms with van der Waals surface area (Å²) in [7, 11) is 0. The molecule has 8 heteroatoms. The van der Waals surface area contributed by atoms with Crippen LogP contribution in [0.3, 0.4) is 0 Å². The molecular weight excluding hydrogens is 442 g/mol. The molecule has 6 nitrogen and oxygen atoms in total. The minimum absolute atomic E-state index is 0.0840. The molecule has 2 aromatic carbocycles. The Morgan fingerprint density at radius 2 is 1.75 bits per heavy atom. The van der Waals surface area contributed by atoms with Crippen LogP contribution >= 0.6 is 23.1 Å². The lowest BCUT2D eigenvalue weighted by Gasteiger charge is -2.21. The normalized spacial score (nSPS) is 10.7. The fourth-order valence-corrected chi connectivity index (χ4v) is 3.97. The van der Waals surface area contributed by atoms with E-state index in [1.807, 2.05) is 71.6 Å². The molecule has 2 heterocycles. The largest absolute Gasteiger partial charge is 0.350 e. The molecule has 0 atom stereocenters. The van der Waals surface area contributed by atoms with Crippen molar-refractivity contribution in [2.75, 3.05) is 11.4 Å². The number of benzene rings is 2. The number of hydrogen-bond donors (Lipinski definition) is 1. The molecule has 0 bridgehead atoms. The first-order valence-corrected chi connectivity index (χ1v) is 11.3. The van der Waals surface area contributed by atoms with Gasteiger partial charge in [-0.25, -0.2) is 4.98 Å². The van der Waals surface area contributed by atoms with Crippen LogP contribution in [0.25, 0.3) is 0 Å². The van der Waals surface area contributed by atoms with E-state index in [0.29, 0.717) is 29.7 Å². The van der Waals surface area contributed by atoms with Gasteiger partial charge in [0.05, 0.1) is 6.54 Å². The van der Waals surface area contributed by atoms with Crippen molar-refractivity contribution in [2.24, 2.45) is 0 Å². The molecule has 32 heavy (non-hydrogen) atoms. The molecule has 0 aliphatic heterocycles. The quantitative estimate of drug-likeness (QED) is 0.395. The monoisotopic (exact) mass is 463 g/mol. The molecule has 0 aliphatic carbocycles. The number of carbonyl (C=O) groups excluding carboxylic acids is 1. The van der Waals surface area contributed by atoms with Crippen molar-refractivity contribution >= 4 is 34.2 Å². The number of pyridine rings is 1. The molecule has 0 aliphatic rings. The van der Waals surface area contributed by atoms with E-state index in [1.54, 1.807) is 12.4 Å². The summed E-state index contributed by atoms with van der Waals surface area (Å²) < 4.78 is 4.51. The lowest BCUT2D eigenvalue weighted by molar-refractivity contribution is -0.119. The molecule has 0 unspecified atom stereocenters. The van der Waals surface area contributed by atoms with E-state index < -0.39 is 0 Å². The SMILES string of the molecule is O=C(CN(Cc1ccccc1)c1nc(Cc2ccc(Cl)cc2)ns1)NCc1cccnc1. The van der Waals surface area contributed by atoms with Crippen molar-refractivity contribution in [3.63, 3.8) is 0 Å². The predicted molar refractivity (Wildman–Crippen MR) is 128 cm³/mol. The highest BCUT2D eigenvalue weighted by molar-refractivity contribution is 7.09. The first-order valence-electron chi connectivity index (χ1n) is 10.2. The first kappa shape index (κ1) is 21.9. The van der Waals surface area contributed by atoms with E-state index in [2.05, 4.69) is 14.7 Å². The smallest absolute Gasteiger partial charge is 0.239 e. The predicted octanol–water partition coefficient (Wildman–Crippen LogP) is 4.50. The molecule has 4 aromatic rings.